The summed E-state index contributed by atoms with van der Waals surface area (Å²) in [5.41, 5.74) is 0.727. The van der Waals surface area contributed by atoms with Crippen LogP contribution in [-0.4, -0.2) is 55.2 Å². The lowest BCUT2D eigenvalue weighted by molar-refractivity contribution is -0.133. The number of phenolic OH excluding ortho intramolecular Hbond substituents is 1. The molecule has 1 fully saturated rings. The monoisotopic (exact) mass is 476 g/mol. The van der Waals surface area contributed by atoms with Crippen LogP contribution in [0, 0.1) is 5.92 Å². The van der Waals surface area contributed by atoms with Crippen LogP contribution < -0.4 is 15.4 Å². The Bertz CT molecular complexity index is 637. The fourth-order valence-corrected chi connectivity index (χ4v) is 2.84. The van der Waals surface area contributed by atoms with Crippen molar-refractivity contribution in [3.05, 3.63) is 23.8 Å². The van der Waals surface area contributed by atoms with Gasteiger partial charge in [0.25, 0.3) is 0 Å². The highest BCUT2D eigenvalue weighted by Crippen LogP contribution is 2.22. The van der Waals surface area contributed by atoms with Crippen molar-refractivity contribution in [1.82, 2.24) is 15.5 Å². The number of ether oxygens (including phenoxy) is 1. The highest BCUT2D eigenvalue weighted by molar-refractivity contribution is 14.0. The summed E-state index contributed by atoms with van der Waals surface area (Å²) >= 11 is 0. The first-order valence-corrected chi connectivity index (χ1v) is 8.56. The zero-order chi connectivity index (χ0) is 18.4. The number of nitrogens with zero attached hydrogens (tertiary/aromatic N) is 2. The summed E-state index contributed by atoms with van der Waals surface area (Å²) in [4.78, 5) is 18.2. The molecule has 0 radical (unpaired) electrons. The largest absolute Gasteiger partial charge is 0.508 e. The van der Waals surface area contributed by atoms with Crippen LogP contribution in [0.25, 0.3) is 0 Å². The normalized spacial score (nSPS) is 17.0. The molecule has 26 heavy (non-hydrogen) atoms. The summed E-state index contributed by atoms with van der Waals surface area (Å²) in [5, 5.41) is 16.5. The summed E-state index contributed by atoms with van der Waals surface area (Å²) in [5.74, 6) is 1.75. The Morgan fingerprint density at radius 3 is 2.81 bits per heavy atom. The summed E-state index contributed by atoms with van der Waals surface area (Å²) in [6.07, 6.45) is 0.892. The molecule has 0 aliphatic carbocycles. The number of carbonyl (C=O) groups excluding carboxylic acids is 1. The van der Waals surface area contributed by atoms with Gasteiger partial charge in [0, 0.05) is 44.2 Å². The molecule has 0 spiro atoms. The molecular weight excluding hydrogens is 447 g/mol. The molecule has 1 saturated heterocycles. The number of likely N-dealkylation sites (tertiary alicyclic amines) is 1. The van der Waals surface area contributed by atoms with Gasteiger partial charge in [-0.2, -0.15) is 0 Å². The molecule has 0 aromatic heterocycles. The van der Waals surface area contributed by atoms with E-state index in [1.807, 2.05) is 18.7 Å². The highest BCUT2D eigenvalue weighted by atomic mass is 127. The smallest absolute Gasteiger partial charge is 0.225 e. The quantitative estimate of drug-likeness (QED) is 0.344. The number of carbonyl (C=O) groups is 1. The standard InChI is InChI=1S/C18H28N4O3.HI/c1-12(2)17(24)22-8-7-14(11-22)21-18(19-3)20-10-13-9-15(25-4)5-6-16(13)23;/h5-6,9,12,14,23H,7-8,10-11H2,1-4H3,(H2,19,20,21);1H. The molecule has 8 heteroatoms. The van der Waals surface area contributed by atoms with Crippen molar-refractivity contribution in [3.63, 3.8) is 0 Å². The van der Waals surface area contributed by atoms with Gasteiger partial charge in [0.2, 0.25) is 5.91 Å². The van der Waals surface area contributed by atoms with E-state index < -0.39 is 0 Å². The van der Waals surface area contributed by atoms with Crippen molar-refractivity contribution in [3.8, 4) is 11.5 Å². The topological polar surface area (TPSA) is 86.2 Å². The van der Waals surface area contributed by atoms with Gasteiger partial charge in [0.05, 0.1) is 7.11 Å². The second-order valence-corrected chi connectivity index (χ2v) is 6.49. The third-order valence-electron chi connectivity index (χ3n) is 4.29. The van der Waals surface area contributed by atoms with Crippen LogP contribution in [0.2, 0.25) is 0 Å². The van der Waals surface area contributed by atoms with Crippen molar-refractivity contribution < 1.29 is 14.6 Å². The Kier molecular flexibility index (Phi) is 8.97. The lowest BCUT2D eigenvalue weighted by atomic mass is 10.2. The number of aliphatic imine (C=N–C) groups is 1. The molecule has 7 nitrogen and oxygen atoms in total. The van der Waals surface area contributed by atoms with Crippen LogP contribution in [0.5, 0.6) is 11.5 Å². The maximum atomic E-state index is 12.1. The molecule has 1 amide bonds. The fraction of sp³-hybridized carbons (Fsp3) is 0.556. The minimum absolute atomic E-state index is 0. The van der Waals surface area contributed by atoms with Crippen molar-refractivity contribution in [2.75, 3.05) is 27.2 Å². The Morgan fingerprint density at radius 1 is 1.46 bits per heavy atom. The third-order valence-corrected chi connectivity index (χ3v) is 4.29. The number of rotatable bonds is 5. The van der Waals surface area contributed by atoms with Crippen molar-refractivity contribution in [1.29, 1.82) is 0 Å². The first-order chi connectivity index (χ1) is 11.9. The summed E-state index contributed by atoms with van der Waals surface area (Å²) in [6.45, 7) is 5.71. The average Bonchev–Trinajstić information content (AvgIpc) is 3.07. The lowest BCUT2D eigenvalue weighted by Gasteiger charge is -2.20. The van der Waals surface area contributed by atoms with Gasteiger partial charge in [-0.05, 0) is 24.6 Å². The van der Waals surface area contributed by atoms with Gasteiger partial charge in [-0.3, -0.25) is 9.79 Å². The van der Waals surface area contributed by atoms with Crippen molar-refractivity contribution in [2.45, 2.75) is 32.9 Å². The lowest BCUT2D eigenvalue weighted by Crippen LogP contribution is -2.45. The number of hydrogen-bond acceptors (Lipinski definition) is 4. The average molecular weight is 476 g/mol. The molecule has 1 aliphatic heterocycles. The van der Waals surface area contributed by atoms with E-state index in [9.17, 15) is 9.90 Å². The second kappa shape index (κ2) is 10.4. The molecule has 3 N–H and O–H groups in total. The Labute approximate surface area is 172 Å². The predicted molar refractivity (Wildman–Crippen MR) is 113 cm³/mol. The van der Waals surface area contributed by atoms with Crippen LogP contribution in [0.3, 0.4) is 0 Å². The second-order valence-electron chi connectivity index (χ2n) is 6.49. The van der Waals surface area contributed by atoms with Crippen molar-refractivity contribution >= 4 is 35.8 Å². The SMILES string of the molecule is CN=C(NCc1cc(OC)ccc1O)NC1CCN(C(=O)C(C)C)C1.I. The number of methoxy groups -OCH3 is 1. The molecular formula is C18H29IN4O3. The number of amides is 1. The summed E-state index contributed by atoms with van der Waals surface area (Å²) < 4.78 is 5.18. The molecule has 2 rings (SSSR count). The number of halogens is 1. The van der Waals surface area contributed by atoms with E-state index in [0.29, 0.717) is 24.8 Å². The minimum atomic E-state index is 0. The number of nitrogens with one attached hydrogen (secondary N) is 2. The molecule has 0 bridgehead atoms. The first kappa shape index (κ1) is 22.3. The van der Waals surface area contributed by atoms with Gasteiger partial charge in [-0.15, -0.1) is 24.0 Å². The van der Waals surface area contributed by atoms with E-state index in [1.165, 1.54) is 0 Å². The zero-order valence-corrected chi connectivity index (χ0v) is 18.1. The van der Waals surface area contributed by atoms with Gasteiger partial charge in [0.1, 0.15) is 11.5 Å². The van der Waals surface area contributed by atoms with Crippen LogP contribution in [0.1, 0.15) is 25.8 Å². The Hall–Kier alpha value is -1.71. The van der Waals surface area contributed by atoms with E-state index in [0.717, 1.165) is 18.5 Å². The van der Waals surface area contributed by atoms with Gasteiger partial charge in [-0.25, -0.2) is 0 Å². The first-order valence-electron chi connectivity index (χ1n) is 8.56. The molecule has 1 unspecified atom stereocenters. The fourth-order valence-electron chi connectivity index (χ4n) is 2.84. The van der Waals surface area contributed by atoms with E-state index in [1.54, 1.807) is 32.4 Å². The minimum Gasteiger partial charge on any atom is -0.508 e. The molecule has 1 aliphatic rings. The van der Waals surface area contributed by atoms with Gasteiger partial charge in [-0.1, -0.05) is 13.8 Å². The predicted octanol–water partition coefficient (Wildman–Crippen LogP) is 1.94. The molecule has 0 saturated carbocycles. The highest BCUT2D eigenvalue weighted by Gasteiger charge is 2.27. The van der Waals surface area contributed by atoms with Crippen LogP contribution in [0.4, 0.5) is 0 Å². The maximum absolute atomic E-state index is 12.1. The molecule has 1 aromatic carbocycles. The van der Waals surface area contributed by atoms with E-state index in [2.05, 4.69) is 15.6 Å². The van der Waals surface area contributed by atoms with Crippen molar-refractivity contribution in [2.24, 2.45) is 10.9 Å². The van der Waals surface area contributed by atoms with Crippen LogP contribution >= 0.6 is 24.0 Å². The maximum Gasteiger partial charge on any atom is 0.225 e. The molecule has 1 heterocycles. The van der Waals surface area contributed by atoms with Gasteiger partial charge in [0.15, 0.2) is 5.96 Å². The summed E-state index contributed by atoms with van der Waals surface area (Å²) in [6, 6.07) is 5.28. The zero-order valence-electron chi connectivity index (χ0n) is 15.8. The molecule has 146 valence electrons. The van der Waals surface area contributed by atoms with E-state index >= 15 is 0 Å². The Morgan fingerprint density at radius 2 is 2.19 bits per heavy atom. The Balaban J connectivity index is 0.00000338. The van der Waals surface area contributed by atoms with Crippen LogP contribution in [-0.2, 0) is 11.3 Å². The molecule has 1 aromatic rings. The van der Waals surface area contributed by atoms with Crippen LogP contribution in [0.15, 0.2) is 23.2 Å². The number of aromatic hydroxyl groups is 1. The van der Waals surface area contributed by atoms with E-state index in [-0.39, 0.29) is 47.6 Å². The summed E-state index contributed by atoms with van der Waals surface area (Å²) in [7, 11) is 3.29. The number of phenols is 1. The molecule has 1 atom stereocenters. The third kappa shape index (κ3) is 5.93. The van der Waals surface area contributed by atoms with E-state index in [4.69, 9.17) is 4.74 Å². The number of hydrogen-bond donors (Lipinski definition) is 3. The number of guanidine groups is 1. The van der Waals surface area contributed by atoms with Gasteiger partial charge < -0.3 is 25.4 Å². The number of benzene rings is 1. The van der Waals surface area contributed by atoms with Gasteiger partial charge >= 0.3 is 0 Å².